The van der Waals surface area contributed by atoms with Gasteiger partial charge >= 0.3 is 0 Å². The molecule has 0 saturated carbocycles. The molecule has 5 N–H and O–H groups in total. The topological polar surface area (TPSA) is 120 Å². The molecule has 0 aromatic rings. The molecule has 0 aliphatic carbocycles. The maximum atomic E-state index is 10.4. The summed E-state index contributed by atoms with van der Waals surface area (Å²) in [5.41, 5.74) is 0. The van der Waals surface area contributed by atoms with Crippen LogP contribution in [0.3, 0.4) is 0 Å². The Balaban J connectivity index is 2.56. The minimum Gasteiger partial charge on any atom is -0.394 e. The average Bonchev–Trinajstić information content (AvgIpc) is 2.61. The molecule has 1 rings (SSSR count). The van der Waals surface area contributed by atoms with Gasteiger partial charge in [-0.3, -0.25) is 0 Å². The van der Waals surface area contributed by atoms with Gasteiger partial charge in [0.05, 0.1) is 33.4 Å². The van der Waals surface area contributed by atoms with Crippen LogP contribution in [0.1, 0.15) is 39.5 Å². The van der Waals surface area contributed by atoms with E-state index in [0.717, 1.165) is 43.3 Å². The number of aliphatic hydroxyl groups is 5. The van der Waals surface area contributed by atoms with Crippen molar-refractivity contribution in [3.8, 4) is 0 Å². The largest absolute Gasteiger partial charge is 0.394 e. The Morgan fingerprint density at radius 1 is 1.04 bits per heavy atom. The zero-order valence-electron chi connectivity index (χ0n) is 16.3. The van der Waals surface area contributed by atoms with Crippen molar-refractivity contribution in [3.05, 3.63) is 0 Å². The number of ether oxygens (including phenoxy) is 2. The van der Waals surface area contributed by atoms with E-state index in [1.165, 1.54) is 0 Å². The Hall–Kier alpha value is -0.320. The summed E-state index contributed by atoms with van der Waals surface area (Å²) in [6.07, 6.45) is -2.89. The van der Waals surface area contributed by atoms with Gasteiger partial charge in [0.25, 0.3) is 0 Å². The van der Waals surface area contributed by atoms with E-state index in [4.69, 9.17) is 14.6 Å². The maximum Gasteiger partial charge on any atom is 0.184 e. The molecular formula is C18H38NO7+. The molecule has 0 bridgehead atoms. The molecule has 0 radical (unpaired) electrons. The van der Waals surface area contributed by atoms with Crippen LogP contribution in [-0.4, -0.2) is 107 Å². The van der Waals surface area contributed by atoms with Crippen molar-refractivity contribution in [1.29, 1.82) is 0 Å². The van der Waals surface area contributed by atoms with Crippen LogP contribution < -0.4 is 0 Å². The minimum absolute atomic E-state index is 0.0786. The fourth-order valence-electron chi connectivity index (χ4n) is 3.41. The van der Waals surface area contributed by atoms with Gasteiger partial charge in [-0.05, 0) is 12.8 Å². The Bertz CT molecular complexity index is 377. The van der Waals surface area contributed by atoms with Gasteiger partial charge in [0, 0.05) is 0 Å². The summed E-state index contributed by atoms with van der Waals surface area (Å²) in [7, 11) is 2.12. The number of unbranched alkanes of at least 4 members (excludes halogenated alkanes) is 2. The summed E-state index contributed by atoms with van der Waals surface area (Å²) in [4.78, 5) is 0. The lowest BCUT2D eigenvalue weighted by Crippen LogP contribution is -2.60. The first kappa shape index (κ1) is 23.7. The van der Waals surface area contributed by atoms with E-state index in [1.807, 2.05) is 0 Å². The molecular weight excluding hydrogens is 342 g/mol. The normalized spacial score (nSPS) is 31.2. The first-order valence-electron chi connectivity index (χ1n) is 9.71. The number of rotatable bonds is 12. The van der Waals surface area contributed by atoms with Crippen molar-refractivity contribution in [3.63, 3.8) is 0 Å². The molecule has 0 spiro atoms. The number of quaternary nitrogens is 1. The van der Waals surface area contributed by atoms with Crippen LogP contribution in [0.5, 0.6) is 0 Å². The summed E-state index contributed by atoms with van der Waals surface area (Å²) in [5.74, 6) is 0. The molecule has 6 atom stereocenters. The molecule has 0 aromatic carbocycles. The highest BCUT2D eigenvalue weighted by Gasteiger charge is 2.44. The van der Waals surface area contributed by atoms with Crippen molar-refractivity contribution < 1.29 is 39.5 Å². The third-order valence-corrected chi connectivity index (χ3v) is 5.08. The highest BCUT2D eigenvalue weighted by molar-refractivity contribution is 4.89. The van der Waals surface area contributed by atoms with E-state index in [9.17, 15) is 20.4 Å². The first-order chi connectivity index (χ1) is 12.3. The van der Waals surface area contributed by atoms with Crippen LogP contribution in [-0.2, 0) is 9.47 Å². The average molecular weight is 381 g/mol. The molecule has 1 aliphatic heterocycles. The molecule has 1 fully saturated rings. The van der Waals surface area contributed by atoms with Gasteiger partial charge in [-0.2, -0.15) is 0 Å². The van der Waals surface area contributed by atoms with Gasteiger partial charge in [0.1, 0.15) is 37.1 Å². The zero-order chi connectivity index (χ0) is 19.7. The van der Waals surface area contributed by atoms with Gasteiger partial charge in [-0.25, -0.2) is 0 Å². The van der Waals surface area contributed by atoms with E-state index in [0.29, 0.717) is 6.54 Å². The second kappa shape index (κ2) is 11.5. The second-order valence-electron chi connectivity index (χ2n) is 7.64. The minimum atomic E-state index is -1.47. The number of hydrogen-bond donors (Lipinski definition) is 5. The van der Waals surface area contributed by atoms with Crippen molar-refractivity contribution >= 4 is 0 Å². The summed E-state index contributed by atoms with van der Waals surface area (Å²) >= 11 is 0. The van der Waals surface area contributed by atoms with E-state index < -0.39 is 43.4 Å². The van der Waals surface area contributed by atoms with Crippen molar-refractivity contribution in [2.75, 3.05) is 39.9 Å². The molecule has 8 nitrogen and oxygen atoms in total. The number of aliphatic hydroxyl groups excluding tert-OH is 5. The molecule has 1 aliphatic rings. The molecule has 1 saturated heterocycles. The number of hydrogen-bond acceptors (Lipinski definition) is 7. The van der Waals surface area contributed by atoms with Gasteiger partial charge in [0.2, 0.25) is 0 Å². The van der Waals surface area contributed by atoms with Crippen LogP contribution in [0, 0.1) is 0 Å². The summed E-state index contributed by atoms with van der Waals surface area (Å²) in [6, 6.07) is 0. The van der Waals surface area contributed by atoms with Crippen LogP contribution >= 0.6 is 0 Å². The molecule has 26 heavy (non-hydrogen) atoms. The summed E-state index contributed by atoms with van der Waals surface area (Å²) < 4.78 is 11.3. The molecule has 1 heterocycles. The number of likely N-dealkylation sites (N-methyl/N-ethyl adjacent to an activating group) is 1. The number of nitrogens with zero attached hydrogens (tertiary/aromatic N) is 1. The van der Waals surface area contributed by atoms with Gasteiger partial charge in [-0.15, -0.1) is 0 Å². The van der Waals surface area contributed by atoms with Crippen LogP contribution in [0.15, 0.2) is 0 Å². The van der Waals surface area contributed by atoms with Crippen LogP contribution in [0.25, 0.3) is 0 Å². The summed E-state index contributed by atoms with van der Waals surface area (Å²) in [6.45, 7) is 6.15. The SMILES string of the molecule is CCCC[N+](C)(CCCC)CC(O)CO[C@@H]1[C@@H](O)[C@@H](O)[C@@H](CO)O[C@H]1O. The van der Waals surface area contributed by atoms with Gasteiger partial charge in [-0.1, -0.05) is 26.7 Å². The third-order valence-electron chi connectivity index (χ3n) is 5.08. The van der Waals surface area contributed by atoms with Crippen molar-refractivity contribution in [1.82, 2.24) is 0 Å². The van der Waals surface area contributed by atoms with Crippen molar-refractivity contribution in [2.24, 2.45) is 0 Å². The predicted molar refractivity (Wildman–Crippen MR) is 96.3 cm³/mol. The monoisotopic (exact) mass is 380 g/mol. The first-order valence-corrected chi connectivity index (χ1v) is 9.71. The second-order valence-corrected chi connectivity index (χ2v) is 7.64. The third kappa shape index (κ3) is 7.01. The Kier molecular flexibility index (Phi) is 10.5. The summed E-state index contributed by atoms with van der Waals surface area (Å²) in [5, 5.41) is 49.4. The standard InChI is InChI=1S/C18H38NO7/c1-4-6-8-19(3,9-7-5-2)10-13(21)12-25-17-16(23)15(22)14(11-20)26-18(17)24/h13-18,20-24H,4-12H2,1-3H3/q+1/t13?,14-,15+,16+,17-,18-/m1/s1. The molecule has 0 aromatic heterocycles. The quantitative estimate of drug-likeness (QED) is 0.282. The van der Waals surface area contributed by atoms with E-state index in [1.54, 1.807) is 0 Å². The predicted octanol–water partition coefficient (Wildman–Crippen LogP) is -0.789. The molecule has 8 heteroatoms. The van der Waals surface area contributed by atoms with E-state index >= 15 is 0 Å². The Labute approximate surface area is 156 Å². The highest BCUT2D eigenvalue weighted by atomic mass is 16.7. The molecule has 1 unspecified atom stereocenters. The van der Waals surface area contributed by atoms with Gasteiger partial charge < -0.3 is 39.5 Å². The lowest BCUT2D eigenvalue weighted by Gasteiger charge is -2.40. The van der Waals surface area contributed by atoms with Gasteiger partial charge in [0.15, 0.2) is 6.29 Å². The smallest absolute Gasteiger partial charge is 0.184 e. The van der Waals surface area contributed by atoms with E-state index in [-0.39, 0.29) is 6.61 Å². The van der Waals surface area contributed by atoms with E-state index in [2.05, 4.69) is 20.9 Å². The maximum absolute atomic E-state index is 10.4. The highest BCUT2D eigenvalue weighted by Crippen LogP contribution is 2.22. The Morgan fingerprint density at radius 3 is 2.12 bits per heavy atom. The van der Waals surface area contributed by atoms with Crippen LogP contribution in [0.4, 0.5) is 0 Å². The lowest BCUT2D eigenvalue weighted by atomic mass is 9.99. The van der Waals surface area contributed by atoms with Crippen LogP contribution in [0.2, 0.25) is 0 Å². The zero-order valence-corrected chi connectivity index (χ0v) is 16.3. The molecule has 0 amide bonds. The fourth-order valence-corrected chi connectivity index (χ4v) is 3.41. The fraction of sp³-hybridized carbons (Fsp3) is 1.00. The molecule has 156 valence electrons. The lowest BCUT2D eigenvalue weighted by molar-refractivity contribution is -0.913. The Morgan fingerprint density at radius 2 is 1.62 bits per heavy atom. The van der Waals surface area contributed by atoms with Crippen molar-refractivity contribution in [2.45, 2.75) is 76.3 Å².